The van der Waals surface area contributed by atoms with Gasteiger partial charge in [-0.2, -0.15) is 0 Å². The van der Waals surface area contributed by atoms with Crippen molar-refractivity contribution in [2.75, 3.05) is 0 Å². The fraction of sp³-hybridized carbons (Fsp3) is 0.200. The van der Waals surface area contributed by atoms with Gasteiger partial charge in [-0.1, -0.05) is 18.2 Å². The van der Waals surface area contributed by atoms with Gasteiger partial charge in [-0.3, -0.25) is 9.79 Å². The second-order valence-corrected chi connectivity index (χ2v) is 2.75. The van der Waals surface area contributed by atoms with E-state index in [1.807, 2.05) is 30.3 Å². The molecule has 13 heavy (non-hydrogen) atoms. The molecule has 0 fully saturated rings. The standard InChI is InChI=1S/C10H11NO2/c1-8(7-10(12)13)11-9-5-3-2-4-6-9/h2-6H,7H2,1H3,(H,12,13). The molecule has 1 rings (SSSR count). The number of para-hydroxylation sites is 1. The lowest BCUT2D eigenvalue weighted by molar-refractivity contribution is -0.135. The maximum Gasteiger partial charge on any atom is 0.309 e. The van der Waals surface area contributed by atoms with E-state index in [9.17, 15) is 4.79 Å². The molecule has 0 amide bonds. The molecule has 0 heterocycles. The molecule has 0 aliphatic heterocycles. The number of aliphatic carboxylic acids is 1. The van der Waals surface area contributed by atoms with Crippen molar-refractivity contribution in [3.05, 3.63) is 30.3 Å². The van der Waals surface area contributed by atoms with Crippen molar-refractivity contribution in [1.29, 1.82) is 0 Å². The lowest BCUT2D eigenvalue weighted by Crippen LogP contribution is -2.01. The Morgan fingerprint density at radius 1 is 1.38 bits per heavy atom. The van der Waals surface area contributed by atoms with E-state index in [1.54, 1.807) is 6.92 Å². The first-order chi connectivity index (χ1) is 6.18. The van der Waals surface area contributed by atoms with Crippen LogP contribution < -0.4 is 0 Å². The summed E-state index contributed by atoms with van der Waals surface area (Å²) in [5.41, 5.74) is 1.40. The van der Waals surface area contributed by atoms with Crippen molar-refractivity contribution in [1.82, 2.24) is 0 Å². The van der Waals surface area contributed by atoms with Gasteiger partial charge >= 0.3 is 5.97 Å². The number of carboxylic acid groups (broad SMARTS) is 1. The molecule has 0 atom stereocenters. The third-order valence-electron chi connectivity index (χ3n) is 1.48. The van der Waals surface area contributed by atoms with Gasteiger partial charge in [-0.25, -0.2) is 0 Å². The Labute approximate surface area is 76.7 Å². The summed E-state index contributed by atoms with van der Waals surface area (Å²) in [6.45, 7) is 1.71. The predicted octanol–water partition coefficient (Wildman–Crippen LogP) is 2.25. The summed E-state index contributed by atoms with van der Waals surface area (Å²) in [5, 5.41) is 8.48. The first kappa shape index (κ1) is 9.45. The highest BCUT2D eigenvalue weighted by molar-refractivity contribution is 5.97. The molecule has 0 aliphatic carbocycles. The van der Waals surface area contributed by atoms with Crippen molar-refractivity contribution in [2.45, 2.75) is 13.3 Å². The molecule has 68 valence electrons. The van der Waals surface area contributed by atoms with Crippen LogP contribution in [0.4, 0.5) is 5.69 Å². The van der Waals surface area contributed by atoms with Gasteiger partial charge in [0.2, 0.25) is 0 Å². The van der Waals surface area contributed by atoms with Gasteiger partial charge in [-0.05, 0) is 19.1 Å². The van der Waals surface area contributed by atoms with Gasteiger partial charge in [0.25, 0.3) is 0 Å². The van der Waals surface area contributed by atoms with Crippen molar-refractivity contribution in [3.63, 3.8) is 0 Å². The molecule has 0 saturated heterocycles. The van der Waals surface area contributed by atoms with E-state index in [1.165, 1.54) is 0 Å². The molecule has 0 saturated carbocycles. The summed E-state index contributed by atoms with van der Waals surface area (Å²) >= 11 is 0. The number of benzene rings is 1. The Hall–Kier alpha value is -1.64. The number of carboxylic acids is 1. The number of hydrogen-bond acceptors (Lipinski definition) is 2. The minimum atomic E-state index is -0.850. The Morgan fingerprint density at radius 3 is 2.54 bits per heavy atom. The van der Waals surface area contributed by atoms with E-state index in [0.29, 0.717) is 5.71 Å². The molecule has 1 aromatic carbocycles. The smallest absolute Gasteiger partial charge is 0.309 e. The summed E-state index contributed by atoms with van der Waals surface area (Å²) < 4.78 is 0. The molecule has 0 spiro atoms. The molecule has 1 aromatic rings. The highest BCUT2D eigenvalue weighted by atomic mass is 16.4. The van der Waals surface area contributed by atoms with Crippen LogP contribution in [0.3, 0.4) is 0 Å². The molecule has 0 aliphatic rings. The zero-order valence-corrected chi connectivity index (χ0v) is 7.40. The maximum absolute atomic E-state index is 10.3. The summed E-state index contributed by atoms with van der Waals surface area (Å²) in [6.07, 6.45) is -0.00507. The second-order valence-electron chi connectivity index (χ2n) is 2.75. The molecule has 3 heteroatoms. The highest BCUT2D eigenvalue weighted by Gasteiger charge is 1.99. The average Bonchev–Trinajstić information content (AvgIpc) is 2.04. The van der Waals surface area contributed by atoms with E-state index in [4.69, 9.17) is 5.11 Å². The molecule has 0 aromatic heterocycles. The Kier molecular flexibility index (Phi) is 3.20. The quantitative estimate of drug-likeness (QED) is 0.720. The molecular formula is C10H11NO2. The zero-order valence-electron chi connectivity index (χ0n) is 7.40. The third-order valence-corrected chi connectivity index (χ3v) is 1.48. The second kappa shape index (κ2) is 4.40. The van der Waals surface area contributed by atoms with Crippen LogP contribution in [0.25, 0.3) is 0 Å². The normalized spacial score (nSPS) is 11.3. The number of carbonyl (C=O) groups is 1. The van der Waals surface area contributed by atoms with Gasteiger partial charge in [-0.15, -0.1) is 0 Å². The molecule has 0 unspecified atom stereocenters. The van der Waals surface area contributed by atoms with Crippen LogP contribution in [0.15, 0.2) is 35.3 Å². The van der Waals surface area contributed by atoms with Crippen LogP contribution in [0.5, 0.6) is 0 Å². The summed E-state index contributed by atoms with van der Waals surface area (Å²) in [6, 6.07) is 9.31. The Bertz CT molecular complexity index is 317. The maximum atomic E-state index is 10.3. The van der Waals surface area contributed by atoms with E-state index in [0.717, 1.165) is 5.69 Å². The molecule has 0 radical (unpaired) electrons. The van der Waals surface area contributed by atoms with Gasteiger partial charge in [0.15, 0.2) is 0 Å². The molecule has 3 nitrogen and oxygen atoms in total. The van der Waals surface area contributed by atoms with Crippen LogP contribution in [-0.2, 0) is 4.79 Å². The number of hydrogen-bond donors (Lipinski definition) is 1. The summed E-state index contributed by atoms with van der Waals surface area (Å²) in [4.78, 5) is 14.5. The van der Waals surface area contributed by atoms with Crippen LogP contribution >= 0.6 is 0 Å². The number of rotatable bonds is 3. The lowest BCUT2D eigenvalue weighted by atomic mass is 10.3. The van der Waals surface area contributed by atoms with E-state index >= 15 is 0 Å². The van der Waals surface area contributed by atoms with Crippen molar-refractivity contribution < 1.29 is 9.90 Å². The van der Waals surface area contributed by atoms with E-state index in [-0.39, 0.29) is 6.42 Å². The summed E-state index contributed by atoms with van der Waals surface area (Å²) in [5.74, 6) is -0.850. The topological polar surface area (TPSA) is 49.7 Å². The largest absolute Gasteiger partial charge is 0.481 e. The summed E-state index contributed by atoms with van der Waals surface area (Å²) in [7, 11) is 0. The predicted molar refractivity (Wildman–Crippen MR) is 51.5 cm³/mol. The van der Waals surface area contributed by atoms with Crippen molar-refractivity contribution in [2.24, 2.45) is 4.99 Å². The minimum absolute atomic E-state index is 0.00507. The molecule has 0 bridgehead atoms. The SMILES string of the molecule is CC(CC(=O)O)=Nc1ccccc1. The van der Waals surface area contributed by atoms with Crippen molar-refractivity contribution in [3.8, 4) is 0 Å². The first-order valence-corrected chi connectivity index (χ1v) is 3.99. The Balaban J connectivity index is 2.71. The number of aliphatic imine (C=N–C) groups is 1. The van der Waals surface area contributed by atoms with Crippen LogP contribution in [0, 0.1) is 0 Å². The van der Waals surface area contributed by atoms with Crippen LogP contribution in [0.1, 0.15) is 13.3 Å². The monoisotopic (exact) mass is 177 g/mol. The Morgan fingerprint density at radius 2 is 2.00 bits per heavy atom. The lowest BCUT2D eigenvalue weighted by Gasteiger charge is -1.96. The zero-order chi connectivity index (χ0) is 9.68. The third kappa shape index (κ3) is 3.51. The van der Waals surface area contributed by atoms with Crippen molar-refractivity contribution >= 4 is 17.4 Å². The minimum Gasteiger partial charge on any atom is -0.481 e. The highest BCUT2D eigenvalue weighted by Crippen LogP contribution is 2.10. The van der Waals surface area contributed by atoms with Gasteiger partial charge < -0.3 is 5.11 Å². The van der Waals surface area contributed by atoms with E-state index < -0.39 is 5.97 Å². The fourth-order valence-electron chi connectivity index (χ4n) is 0.981. The van der Waals surface area contributed by atoms with Gasteiger partial charge in [0.05, 0.1) is 12.1 Å². The first-order valence-electron chi connectivity index (χ1n) is 3.99. The van der Waals surface area contributed by atoms with Crippen LogP contribution in [-0.4, -0.2) is 16.8 Å². The molecule has 1 N–H and O–H groups in total. The van der Waals surface area contributed by atoms with Gasteiger partial charge in [0.1, 0.15) is 0 Å². The average molecular weight is 177 g/mol. The van der Waals surface area contributed by atoms with Gasteiger partial charge in [0, 0.05) is 5.71 Å². The number of nitrogens with zero attached hydrogens (tertiary/aromatic N) is 1. The fourth-order valence-corrected chi connectivity index (χ4v) is 0.981. The van der Waals surface area contributed by atoms with Crippen LogP contribution in [0.2, 0.25) is 0 Å². The molecular weight excluding hydrogens is 166 g/mol. The van der Waals surface area contributed by atoms with E-state index in [2.05, 4.69) is 4.99 Å².